The van der Waals surface area contributed by atoms with Crippen molar-refractivity contribution in [2.45, 2.75) is 26.2 Å². The van der Waals surface area contributed by atoms with Crippen molar-refractivity contribution in [1.29, 1.82) is 0 Å². The molecule has 0 aromatic heterocycles. The third-order valence-corrected chi connectivity index (χ3v) is 14.5. The van der Waals surface area contributed by atoms with E-state index in [1.165, 1.54) is 25.4 Å². The fraction of sp³-hybridized carbons (Fsp3) is 0.217. The van der Waals surface area contributed by atoms with E-state index in [0.29, 0.717) is 0 Å². The molecular formula is C23H28P2. The van der Waals surface area contributed by atoms with Gasteiger partial charge >= 0.3 is 154 Å². The van der Waals surface area contributed by atoms with E-state index in [-0.39, 0.29) is 0 Å². The van der Waals surface area contributed by atoms with Crippen LogP contribution in [0.25, 0.3) is 0 Å². The first-order valence-corrected chi connectivity index (χ1v) is 13.5. The van der Waals surface area contributed by atoms with Gasteiger partial charge in [-0.05, 0) is 0 Å². The van der Waals surface area contributed by atoms with Gasteiger partial charge in [-0.25, -0.2) is 0 Å². The molecule has 0 aliphatic heterocycles. The molecule has 0 N–H and O–H groups in total. The molecule has 0 radical (unpaired) electrons. The van der Waals surface area contributed by atoms with Crippen molar-refractivity contribution in [3.63, 3.8) is 0 Å². The van der Waals surface area contributed by atoms with Crippen molar-refractivity contribution in [3.05, 3.63) is 91.0 Å². The Hall–Kier alpha value is -1.48. The summed E-state index contributed by atoms with van der Waals surface area (Å²) >= 11 is 0. The van der Waals surface area contributed by atoms with Gasteiger partial charge < -0.3 is 0 Å². The maximum atomic E-state index is 2.36. The van der Waals surface area contributed by atoms with Gasteiger partial charge in [0.05, 0.1) is 0 Å². The van der Waals surface area contributed by atoms with Crippen LogP contribution in [0, 0.1) is 0 Å². The van der Waals surface area contributed by atoms with Crippen molar-refractivity contribution in [2.75, 3.05) is 6.16 Å². The average molecular weight is 366 g/mol. The summed E-state index contributed by atoms with van der Waals surface area (Å²) in [6.45, 7) is 0.345. The molecular weight excluding hydrogens is 338 g/mol. The zero-order valence-corrected chi connectivity index (χ0v) is 17.0. The van der Waals surface area contributed by atoms with Crippen molar-refractivity contribution in [1.82, 2.24) is 0 Å². The summed E-state index contributed by atoms with van der Waals surface area (Å²) in [7, 11) is 0.975. The fourth-order valence-corrected chi connectivity index (χ4v) is 13.0. The predicted octanol–water partition coefficient (Wildman–Crippen LogP) is 5.50. The molecule has 0 aliphatic carbocycles. The summed E-state index contributed by atoms with van der Waals surface area (Å²) < 4.78 is 0. The number of hydrogen-bond donors (Lipinski definition) is 0. The summed E-state index contributed by atoms with van der Waals surface area (Å²) in [5, 5.41) is 4.63. The summed E-state index contributed by atoms with van der Waals surface area (Å²) in [5.41, 5.74) is 0. The number of unbranched alkanes of at least 4 members (excludes halogenated alkanes) is 2. The van der Waals surface area contributed by atoms with Gasteiger partial charge in [0.15, 0.2) is 0 Å². The predicted molar refractivity (Wildman–Crippen MR) is 119 cm³/mol. The standard InChI is InChI=1S/C23H28P2/c1-2-3-13-20-24-25(21-14-7-4-8-15-21,22-16-9-5-10-17-22)23-18-11-6-12-19-23/h4-12,14-19,24-25H,2-3,13,20H2,1H3. The molecule has 1 atom stereocenters. The van der Waals surface area contributed by atoms with Crippen molar-refractivity contribution >= 4 is 31.1 Å². The SMILES string of the molecule is CCCCCP[PH](c1ccccc1)(c1ccccc1)c1ccccc1. The van der Waals surface area contributed by atoms with Gasteiger partial charge in [-0.15, -0.1) is 0 Å². The molecule has 3 aromatic rings. The molecule has 3 rings (SSSR count). The van der Waals surface area contributed by atoms with Crippen LogP contribution in [0.1, 0.15) is 26.2 Å². The number of benzene rings is 3. The van der Waals surface area contributed by atoms with Crippen LogP contribution in [0.4, 0.5) is 0 Å². The first kappa shape index (κ1) is 18.3. The molecule has 130 valence electrons. The van der Waals surface area contributed by atoms with E-state index in [4.69, 9.17) is 0 Å². The molecule has 0 nitrogen and oxygen atoms in total. The number of hydrogen-bond acceptors (Lipinski definition) is 0. The molecule has 0 aliphatic rings. The van der Waals surface area contributed by atoms with Gasteiger partial charge in [0.25, 0.3) is 0 Å². The van der Waals surface area contributed by atoms with Crippen LogP contribution >= 0.6 is 15.2 Å². The van der Waals surface area contributed by atoms with E-state index < -0.39 is 6.95 Å². The Kier molecular flexibility index (Phi) is 6.80. The normalized spacial score (nSPS) is 12.5. The van der Waals surface area contributed by atoms with Gasteiger partial charge in [0.1, 0.15) is 0 Å². The zero-order chi connectivity index (χ0) is 17.4. The van der Waals surface area contributed by atoms with Crippen LogP contribution in [0.5, 0.6) is 0 Å². The second-order valence-electron chi connectivity index (χ2n) is 6.48. The first-order chi connectivity index (χ1) is 12.4. The minimum absolute atomic E-state index is 0.975. The molecule has 3 aromatic carbocycles. The molecule has 0 saturated carbocycles. The summed E-state index contributed by atoms with van der Waals surface area (Å²) in [6, 6.07) is 33.8. The molecule has 1 unspecified atom stereocenters. The third kappa shape index (κ3) is 4.20. The van der Waals surface area contributed by atoms with Gasteiger partial charge in [-0.1, -0.05) is 0 Å². The Bertz CT molecular complexity index is 642. The van der Waals surface area contributed by atoms with E-state index in [9.17, 15) is 0 Å². The quantitative estimate of drug-likeness (QED) is 0.365. The maximum absolute atomic E-state index is 2.36. The van der Waals surface area contributed by atoms with Crippen LogP contribution < -0.4 is 15.9 Å². The molecule has 0 amide bonds. The Balaban J connectivity index is 2.13. The Morgan fingerprint density at radius 2 is 1.00 bits per heavy atom. The average Bonchev–Trinajstić information content (AvgIpc) is 2.70. The third-order valence-electron chi connectivity index (χ3n) is 4.79. The van der Waals surface area contributed by atoms with E-state index in [1.54, 1.807) is 15.9 Å². The molecule has 0 bridgehead atoms. The minimum atomic E-state index is -1.95. The molecule has 0 fully saturated rings. The van der Waals surface area contributed by atoms with E-state index in [0.717, 1.165) is 8.27 Å². The monoisotopic (exact) mass is 366 g/mol. The van der Waals surface area contributed by atoms with Gasteiger partial charge in [0, 0.05) is 0 Å². The Morgan fingerprint density at radius 1 is 0.600 bits per heavy atom. The van der Waals surface area contributed by atoms with Crippen LogP contribution in [0.15, 0.2) is 91.0 Å². The second kappa shape index (κ2) is 9.28. The molecule has 0 saturated heterocycles. The van der Waals surface area contributed by atoms with Gasteiger partial charge in [-0.2, -0.15) is 0 Å². The van der Waals surface area contributed by atoms with E-state index in [1.807, 2.05) is 0 Å². The van der Waals surface area contributed by atoms with Crippen molar-refractivity contribution in [2.24, 2.45) is 0 Å². The van der Waals surface area contributed by atoms with Crippen molar-refractivity contribution in [3.8, 4) is 0 Å². The van der Waals surface area contributed by atoms with E-state index in [2.05, 4.69) is 97.9 Å². The fourth-order valence-electron chi connectivity index (χ4n) is 3.52. The van der Waals surface area contributed by atoms with Crippen LogP contribution in [-0.4, -0.2) is 6.16 Å². The second-order valence-corrected chi connectivity index (χ2v) is 13.9. The molecule has 25 heavy (non-hydrogen) atoms. The Morgan fingerprint density at radius 3 is 1.36 bits per heavy atom. The number of rotatable bonds is 8. The van der Waals surface area contributed by atoms with Crippen LogP contribution in [0.2, 0.25) is 0 Å². The molecule has 0 heterocycles. The van der Waals surface area contributed by atoms with Gasteiger partial charge in [0.2, 0.25) is 0 Å². The topological polar surface area (TPSA) is 0 Å². The molecule has 2 heteroatoms. The summed E-state index contributed by atoms with van der Waals surface area (Å²) in [5.74, 6) is 0. The Labute approximate surface area is 154 Å². The first-order valence-electron chi connectivity index (χ1n) is 9.29. The van der Waals surface area contributed by atoms with Crippen LogP contribution in [-0.2, 0) is 0 Å². The van der Waals surface area contributed by atoms with Gasteiger partial charge in [-0.3, -0.25) is 0 Å². The van der Waals surface area contributed by atoms with Crippen molar-refractivity contribution < 1.29 is 0 Å². The van der Waals surface area contributed by atoms with E-state index >= 15 is 0 Å². The molecule has 0 spiro atoms. The summed E-state index contributed by atoms with van der Waals surface area (Å²) in [6.07, 6.45) is 5.31. The summed E-state index contributed by atoms with van der Waals surface area (Å²) in [4.78, 5) is 0. The zero-order valence-electron chi connectivity index (χ0n) is 15.0. The van der Waals surface area contributed by atoms with Crippen LogP contribution in [0.3, 0.4) is 0 Å².